The molecule has 0 aliphatic carbocycles. The summed E-state index contributed by atoms with van der Waals surface area (Å²) in [5.41, 5.74) is 5.23. The van der Waals surface area contributed by atoms with Gasteiger partial charge in [0, 0.05) is 13.1 Å². The molecule has 1 rings (SSSR count). The summed E-state index contributed by atoms with van der Waals surface area (Å²) in [7, 11) is 0. The van der Waals surface area contributed by atoms with Crippen molar-refractivity contribution < 1.29 is 4.79 Å². The maximum Gasteiger partial charge on any atom is 0.227 e. The summed E-state index contributed by atoms with van der Waals surface area (Å²) in [5, 5.41) is 6.34. The van der Waals surface area contributed by atoms with Gasteiger partial charge in [-0.25, -0.2) is 0 Å². The van der Waals surface area contributed by atoms with Gasteiger partial charge in [0.1, 0.15) is 0 Å². The van der Waals surface area contributed by atoms with Gasteiger partial charge >= 0.3 is 0 Å². The van der Waals surface area contributed by atoms with Gasteiger partial charge in [-0.05, 0) is 38.3 Å². The fourth-order valence-corrected chi connectivity index (χ4v) is 2.31. The molecule has 4 heteroatoms. The molecule has 16 heavy (non-hydrogen) atoms. The molecule has 0 aromatic carbocycles. The van der Waals surface area contributed by atoms with Gasteiger partial charge in [0.05, 0.1) is 5.41 Å². The van der Waals surface area contributed by atoms with E-state index in [0.717, 1.165) is 38.9 Å². The molecule has 1 aliphatic rings. The van der Waals surface area contributed by atoms with Crippen LogP contribution in [-0.2, 0) is 4.79 Å². The zero-order valence-corrected chi connectivity index (χ0v) is 10.5. The molecule has 1 fully saturated rings. The van der Waals surface area contributed by atoms with Gasteiger partial charge in [-0.3, -0.25) is 4.79 Å². The summed E-state index contributed by atoms with van der Waals surface area (Å²) in [6, 6.07) is 0. The normalized spacial score (nSPS) is 25.0. The molecule has 1 atom stereocenters. The van der Waals surface area contributed by atoms with Gasteiger partial charge in [0.2, 0.25) is 5.91 Å². The summed E-state index contributed by atoms with van der Waals surface area (Å²) in [6.07, 6.45) is 2.91. The third kappa shape index (κ3) is 2.95. The molecule has 4 nitrogen and oxygen atoms in total. The van der Waals surface area contributed by atoms with E-state index < -0.39 is 0 Å². The van der Waals surface area contributed by atoms with Crippen molar-refractivity contribution in [2.24, 2.45) is 17.1 Å². The van der Waals surface area contributed by atoms with E-state index in [1.807, 2.05) is 0 Å². The van der Waals surface area contributed by atoms with Crippen LogP contribution >= 0.6 is 0 Å². The second kappa shape index (κ2) is 6.21. The molecule has 1 saturated heterocycles. The lowest BCUT2D eigenvalue weighted by Gasteiger charge is -2.31. The zero-order chi connectivity index (χ0) is 12.0. The molecule has 1 aliphatic heterocycles. The average Bonchev–Trinajstić information content (AvgIpc) is 2.74. The lowest BCUT2D eigenvalue weighted by molar-refractivity contribution is -0.132. The van der Waals surface area contributed by atoms with Crippen LogP contribution in [0.25, 0.3) is 0 Å². The van der Waals surface area contributed by atoms with E-state index in [0.29, 0.717) is 12.5 Å². The first kappa shape index (κ1) is 13.5. The topological polar surface area (TPSA) is 67.2 Å². The number of rotatable bonds is 6. The quantitative estimate of drug-likeness (QED) is 0.578. The van der Waals surface area contributed by atoms with Crippen molar-refractivity contribution >= 4 is 5.91 Å². The van der Waals surface area contributed by atoms with Gasteiger partial charge < -0.3 is 16.4 Å². The molecule has 1 amide bonds. The molecule has 0 radical (unpaired) electrons. The zero-order valence-electron chi connectivity index (χ0n) is 10.5. The maximum atomic E-state index is 12.2. The summed E-state index contributed by atoms with van der Waals surface area (Å²) >= 11 is 0. The smallest absolute Gasteiger partial charge is 0.227 e. The maximum absolute atomic E-state index is 12.2. The Morgan fingerprint density at radius 2 is 2.25 bits per heavy atom. The Labute approximate surface area is 98.3 Å². The van der Waals surface area contributed by atoms with E-state index in [2.05, 4.69) is 24.5 Å². The van der Waals surface area contributed by atoms with E-state index in [1.165, 1.54) is 0 Å². The van der Waals surface area contributed by atoms with Crippen molar-refractivity contribution in [3.8, 4) is 0 Å². The van der Waals surface area contributed by atoms with Crippen LogP contribution in [0.3, 0.4) is 0 Å². The highest BCUT2D eigenvalue weighted by atomic mass is 16.2. The van der Waals surface area contributed by atoms with Crippen molar-refractivity contribution in [2.75, 3.05) is 26.2 Å². The third-order valence-corrected chi connectivity index (χ3v) is 3.66. The number of carbonyl (C=O) groups is 1. The number of carbonyl (C=O) groups excluding carboxylic acids is 1. The van der Waals surface area contributed by atoms with E-state index in [1.54, 1.807) is 0 Å². The van der Waals surface area contributed by atoms with Crippen LogP contribution in [0.15, 0.2) is 0 Å². The molecule has 0 bridgehead atoms. The minimum atomic E-state index is -0.192. The average molecular weight is 227 g/mol. The first-order valence-electron chi connectivity index (χ1n) is 6.32. The van der Waals surface area contributed by atoms with Crippen molar-refractivity contribution in [1.82, 2.24) is 10.6 Å². The standard InChI is InChI=1S/C12H25N3O/c1-10(2)12(5-8-14-9-12)11(16)15-7-4-3-6-13/h10,14H,3-9,13H2,1-2H3,(H,15,16). The number of hydrogen-bond acceptors (Lipinski definition) is 3. The Kier molecular flexibility index (Phi) is 5.22. The number of amides is 1. The van der Waals surface area contributed by atoms with Crippen molar-refractivity contribution in [2.45, 2.75) is 33.1 Å². The Morgan fingerprint density at radius 1 is 1.50 bits per heavy atom. The molecule has 94 valence electrons. The van der Waals surface area contributed by atoms with Gasteiger partial charge in [-0.15, -0.1) is 0 Å². The molecule has 4 N–H and O–H groups in total. The number of nitrogens with two attached hydrogens (primary N) is 1. The number of unbranched alkanes of at least 4 members (excludes halogenated alkanes) is 1. The van der Waals surface area contributed by atoms with Gasteiger partial charge in [-0.2, -0.15) is 0 Å². The van der Waals surface area contributed by atoms with E-state index >= 15 is 0 Å². The molecule has 0 spiro atoms. The first-order chi connectivity index (χ1) is 7.63. The van der Waals surface area contributed by atoms with Crippen LogP contribution in [0.4, 0.5) is 0 Å². The summed E-state index contributed by atoms with van der Waals surface area (Å²) in [6.45, 7) is 7.48. The van der Waals surface area contributed by atoms with E-state index in [-0.39, 0.29) is 11.3 Å². The van der Waals surface area contributed by atoms with Crippen molar-refractivity contribution in [3.63, 3.8) is 0 Å². The van der Waals surface area contributed by atoms with Crippen LogP contribution in [0.2, 0.25) is 0 Å². The monoisotopic (exact) mass is 227 g/mol. The van der Waals surface area contributed by atoms with Gasteiger partial charge in [-0.1, -0.05) is 13.8 Å². The van der Waals surface area contributed by atoms with Crippen LogP contribution in [0.5, 0.6) is 0 Å². The number of hydrogen-bond donors (Lipinski definition) is 3. The van der Waals surface area contributed by atoms with E-state index in [9.17, 15) is 4.79 Å². The second-order valence-corrected chi connectivity index (χ2v) is 4.99. The lowest BCUT2D eigenvalue weighted by atomic mass is 9.75. The van der Waals surface area contributed by atoms with Crippen LogP contribution < -0.4 is 16.4 Å². The van der Waals surface area contributed by atoms with Gasteiger partial charge in [0.15, 0.2) is 0 Å². The third-order valence-electron chi connectivity index (χ3n) is 3.66. The van der Waals surface area contributed by atoms with Crippen molar-refractivity contribution in [3.05, 3.63) is 0 Å². The molecule has 0 saturated carbocycles. The van der Waals surface area contributed by atoms with Gasteiger partial charge in [0.25, 0.3) is 0 Å². The Bertz CT molecular complexity index is 222. The summed E-state index contributed by atoms with van der Waals surface area (Å²) in [5.74, 6) is 0.599. The first-order valence-corrected chi connectivity index (χ1v) is 6.32. The summed E-state index contributed by atoms with van der Waals surface area (Å²) < 4.78 is 0. The predicted octanol–water partition coefficient (Wildman–Crippen LogP) is 0.477. The molecule has 0 aromatic heterocycles. The minimum absolute atomic E-state index is 0.192. The number of nitrogens with one attached hydrogen (secondary N) is 2. The predicted molar refractivity (Wildman–Crippen MR) is 66.1 cm³/mol. The van der Waals surface area contributed by atoms with Crippen LogP contribution in [0.1, 0.15) is 33.1 Å². The fourth-order valence-electron chi connectivity index (χ4n) is 2.31. The highest BCUT2D eigenvalue weighted by molar-refractivity contribution is 5.83. The highest BCUT2D eigenvalue weighted by Crippen LogP contribution is 2.34. The molecular formula is C12H25N3O. The Balaban J connectivity index is 2.43. The van der Waals surface area contributed by atoms with Crippen molar-refractivity contribution in [1.29, 1.82) is 0 Å². The Hall–Kier alpha value is -0.610. The summed E-state index contributed by atoms with van der Waals surface area (Å²) in [4.78, 5) is 12.2. The SMILES string of the molecule is CC(C)C1(C(=O)NCCCCN)CCNC1. The minimum Gasteiger partial charge on any atom is -0.356 e. The van der Waals surface area contributed by atoms with E-state index in [4.69, 9.17) is 5.73 Å². The van der Waals surface area contributed by atoms with Crippen LogP contribution in [-0.4, -0.2) is 32.1 Å². The molecular weight excluding hydrogens is 202 g/mol. The lowest BCUT2D eigenvalue weighted by Crippen LogP contribution is -2.46. The van der Waals surface area contributed by atoms with Crippen LogP contribution in [0, 0.1) is 11.3 Å². The molecule has 1 heterocycles. The largest absolute Gasteiger partial charge is 0.356 e. The molecule has 0 aromatic rings. The fraction of sp³-hybridized carbons (Fsp3) is 0.917. The highest BCUT2D eigenvalue weighted by Gasteiger charge is 2.43. The second-order valence-electron chi connectivity index (χ2n) is 4.99. The Morgan fingerprint density at radius 3 is 2.75 bits per heavy atom. The molecule has 1 unspecified atom stereocenters.